The summed E-state index contributed by atoms with van der Waals surface area (Å²) in [5.41, 5.74) is 7.31. The Bertz CT molecular complexity index is 519. The van der Waals surface area contributed by atoms with Crippen molar-refractivity contribution in [2.24, 2.45) is 5.92 Å². The number of aromatic nitrogens is 3. The molecule has 4 nitrogen and oxygen atoms in total. The van der Waals surface area contributed by atoms with Crippen LogP contribution in [-0.4, -0.2) is 14.8 Å². The second-order valence-corrected chi connectivity index (χ2v) is 4.82. The lowest BCUT2D eigenvalue weighted by Gasteiger charge is -2.04. The third kappa shape index (κ3) is 2.77. The number of nitrogens with zero attached hydrogens (tertiary/aromatic N) is 3. The van der Waals surface area contributed by atoms with E-state index in [1.807, 2.05) is 16.9 Å². The van der Waals surface area contributed by atoms with E-state index in [0.29, 0.717) is 16.8 Å². The minimum atomic E-state index is 0.344. The highest BCUT2D eigenvalue weighted by Crippen LogP contribution is 2.23. The second kappa shape index (κ2) is 4.75. The molecule has 0 bridgehead atoms. The summed E-state index contributed by atoms with van der Waals surface area (Å²) in [4.78, 5) is 4.02. The van der Waals surface area contributed by atoms with Crippen LogP contribution in [-0.2, 0) is 6.54 Å². The van der Waals surface area contributed by atoms with Crippen molar-refractivity contribution in [1.29, 1.82) is 0 Å². The minimum absolute atomic E-state index is 0.344. The first-order chi connectivity index (χ1) is 8.06. The summed E-state index contributed by atoms with van der Waals surface area (Å²) < 4.78 is 1.92. The molecule has 0 aliphatic heterocycles. The molecule has 2 N–H and O–H groups in total. The third-order valence-electron chi connectivity index (χ3n) is 2.36. The van der Waals surface area contributed by atoms with Gasteiger partial charge >= 0.3 is 0 Å². The first kappa shape index (κ1) is 11.9. The van der Waals surface area contributed by atoms with Gasteiger partial charge in [-0.1, -0.05) is 25.4 Å². The van der Waals surface area contributed by atoms with Gasteiger partial charge in [0.25, 0.3) is 0 Å². The molecule has 2 aromatic rings. The van der Waals surface area contributed by atoms with Crippen molar-refractivity contribution in [1.82, 2.24) is 14.8 Å². The maximum atomic E-state index is 5.93. The van der Waals surface area contributed by atoms with Crippen molar-refractivity contribution in [3.63, 3.8) is 0 Å². The zero-order valence-corrected chi connectivity index (χ0v) is 10.6. The molecule has 0 spiro atoms. The minimum Gasteiger partial charge on any atom is -0.382 e. The standard InChI is InChI=1S/C12H15ClN4/c1-8(2)7-17-4-3-11(16-17)9-5-10(13)12(14)15-6-9/h3-6,8H,7H2,1-2H3,(H2,14,15). The lowest BCUT2D eigenvalue weighted by Crippen LogP contribution is -2.04. The lowest BCUT2D eigenvalue weighted by atomic mass is 10.2. The van der Waals surface area contributed by atoms with Gasteiger partial charge in [-0.15, -0.1) is 0 Å². The third-order valence-corrected chi connectivity index (χ3v) is 2.66. The van der Waals surface area contributed by atoms with Gasteiger partial charge in [0.05, 0.1) is 10.7 Å². The molecule has 0 radical (unpaired) electrons. The van der Waals surface area contributed by atoms with Crippen LogP contribution in [0.25, 0.3) is 11.3 Å². The van der Waals surface area contributed by atoms with Crippen molar-refractivity contribution in [3.8, 4) is 11.3 Å². The molecular weight excluding hydrogens is 236 g/mol. The number of hydrogen-bond donors (Lipinski definition) is 1. The molecule has 2 rings (SSSR count). The first-order valence-electron chi connectivity index (χ1n) is 5.51. The van der Waals surface area contributed by atoms with Gasteiger partial charge in [-0.05, 0) is 18.1 Å². The molecule has 0 unspecified atom stereocenters. The normalized spacial score (nSPS) is 11.1. The van der Waals surface area contributed by atoms with Crippen molar-refractivity contribution in [2.45, 2.75) is 20.4 Å². The Morgan fingerprint density at radius 3 is 2.88 bits per heavy atom. The molecule has 0 saturated carbocycles. The molecule has 0 aliphatic carbocycles. The van der Waals surface area contributed by atoms with Crippen LogP contribution >= 0.6 is 11.6 Å². The average molecular weight is 251 g/mol. The number of hydrogen-bond acceptors (Lipinski definition) is 3. The summed E-state index contributed by atoms with van der Waals surface area (Å²) in [6.45, 7) is 5.21. The van der Waals surface area contributed by atoms with E-state index in [2.05, 4.69) is 23.9 Å². The summed E-state index contributed by atoms with van der Waals surface area (Å²) in [6, 6.07) is 3.73. The molecule has 0 saturated heterocycles. The summed E-state index contributed by atoms with van der Waals surface area (Å²) in [5.74, 6) is 0.910. The van der Waals surface area contributed by atoms with Gasteiger partial charge in [0.15, 0.2) is 0 Å². The van der Waals surface area contributed by atoms with E-state index >= 15 is 0 Å². The molecule has 2 heterocycles. The Labute approximate surface area is 105 Å². The van der Waals surface area contributed by atoms with Crippen molar-refractivity contribution < 1.29 is 0 Å². The second-order valence-electron chi connectivity index (χ2n) is 4.41. The zero-order valence-electron chi connectivity index (χ0n) is 9.89. The van der Waals surface area contributed by atoms with Crippen molar-refractivity contribution >= 4 is 17.4 Å². The Balaban J connectivity index is 2.27. The van der Waals surface area contributed by atoms with Crippen LogP contribution in [0.5, 0.6) is 0 Å². The van der Waals surface area contributed by atoms with Crippen LogP contribution in [0.1, 0.15) is 13.8 Å². The molecule has 0 fully saturated rings. The lowest BCUT2D eigenvalue weighted by molar-refractivity contribution is 0.484. The van der Waals surface area contributed by atoms with E-state index in [1.54, 1.807) is 12.3 Å². The molecule has 5 heteroatoms. The van der Waals surface area contributed by atoms with Crippen LogP contribution in [0.15, 0.2) is 24.5 Å². The van der Waals surface area contributed by atoms with Gasteiger partial charge in [0, 0.05) is 24.5 Å². The van der Waals surface area contributed by atoms with Gasteiger partial charge in [-0.25, -0.2) is 4.98 Å². The van der Waals surface area contributed by atoms with E-state index < -0.39 is 0 Å². The Morgan fingerprint density at radius 1 is 1.47 bits per heavy atom. The molecule has 17 heavy (non-hydrogen) atoms. The fraction of sp³-hybridized carbons (Fsp3) is 0.333. The smallest absolute Gasteiger partial charge is 0.142 e. The first-order valence-corrected chi connectivity index (χ1v) is 5.89. The average Bonchev–Trinajstić information content (AvgIpc) is 2.69. The van der Waals surface area contributed by atoms with Crippen LogP contribution in [0.2, 0.25) is 5.02 Å². The number of nitrogen functional groups attached to an aromatic ring is 1. The number of pyridine rings is 1. The van der Waals surface area contributed by atoms with Crippen LogP contribution in [0.4, 0.5) is 5.82 Å². The van der Waals surface area contributed by atoms with Gasteiger partial charge in [-0.3, -0.25) is 4.68 Å². The highest BCUT2D eigenvalue weighted by atomic mass is 35.5. The summed E-state index contributed by atoms with van der Waals surface area (Å²) >= 11 is 5.93. The number of anilines is 1. The molecular formula is C12H15ClN4. The molecule has 90 valence electrons. The maximum absolute atomic E-state index is 5.93. The topological polar surface area (TPSA) is 56.7 Å². The van der Waals surface area contributed by atoms with Crippen LogP contribution in [0.3, 0.4) is 0 Å². The fourth-order valence-electron chi connectivity index (χ4n) is 1.58. The molecule has 2 aromatic heterocycles. The largest absolute Gasteiger partial charge is 0.382 e. The molecule has 0 aromatic carbocycles. The van der Waals surface area contributed by atoms with Gasteiger partial charge in [-0.2, -0.15) is 5.10 Å². The van der Waals surface area contributed by atoms with Crippen LogP contribution in [0, 0.1) is 5.92 Å². The van der Waals surface area contributed by atoms with E-state index in [9.17, 15) is 0 Å². The quantitative estimate of drug-likeness (QED) is 0.911. The number of nitrogens with two attached hydrogens (primary N) is 1. The summed E-state index contributed by atoms with van der Waals surface area (Å²) in [6.07, 6.45) is 3.64. The van der Waals surface area contributed by atoms with Gasteiger partial charge in [0.1, 0.15) is 5.82 Å². The monoisotopic (exact) mass is 250 g/mol. The van der Waals surface area contributed by atoms with E-state index in [4.69, 9.17) is 17.3 Å². The van der Waals surface area contributed by atoms with Gasteiger partial charge < -0.3 is 5.73 Å². The zero-order chi connectivity index (χ0) is 12.4. The Kier molecular flexibility index (Phi) is 3.33. The summed E-state index contributed by atoms with van der Waals surface area (Å²) in [5, 5.41) is 4.93. The van der Waals surface area contributed by atoms with Gasteiger partial charge in [0.2, 0.25) is 0 Å². The van der Waals surface area contributed by atoms with E-state index in [-0.39, 0.29) is 0 Å². The SMILES string of the molecule is CC(C)Cn1ccc(-c2cnc(N)c(Cl)c2)n1. The fourth-order valence-corrected chi connectivity index (χ4v) is 1.75. The predicted octanol–water partition coefficient (Wildman–Crippen LogP) is 2.84. The highest BCUT2D eigenvalue weighted by Gasteiger charge is 2.06. The van der Waals surface area contributed by atoms with E-state index in [1.165, 1.54) is 0 Å². The molecule has 0 atom stereocenters. The summed E-state index contributed by atoms with van der Waals surface area (Å²) in [7, 11) is 0. The van der Waals surface area contributed by atoms with E-state index in [0.717, 1.165) is 17.8 Å². The predicted molar refractivity (Wildman–Crippen MR) is 69.7 cm³/mol. The van der Waals surface area contributed by atoms with Crippen molar-refractivity contribution in [2.75, 3.05) is 5.73 Å². The molecule has 0 amide bonds. The number of halogens is 1. The highest BCUT2D eigenvalue weighted by molar-refractivity contribution is 6.33. The van der Waals surface area contributed by atoms with Crippen LogP contribution < -0.4 is 5.73 Å². The Morgan fingerprint density at radius 2 is 2.24 bits per heavy atom. The maximum Gasteiger partial charge on any atom is 0.142 e. The van der Waals surface area contributed by atoms with Crippen molar-refractivity contribution in [3.05, 3.63) is 29.5 Å². The molecule has 0 aliphatic rings. The number of rotatable bonds is 3. The Hall–Kier alpha value is -1.55.